The van der Waals surface area contributed by atoms with Crippen molar-refractivity contribution in [3.05, 3.63) is 98.0 Å². The maximum atomic E-state index is 12.4. The Kier molecular flexibility index (Phi) is 6.85. The van der Waals surface area contributed by atoms with E-state index in [-0.39, 0.29) is 30.7 Å². The van der Waals surface area contributed by atoms with E-state index < -0.39 is 44.4 Å². The molecule has 0 saturated carbocycles. The molecule has 0 spiro atoms. The summed E-state index contributed by atoms with van der Waals surface area (Å²) in [6.07, 6.45) is 4.14. The van der Waals surface area contributed by atoms with Crippen molar-refractivity contribution in [1.82, 2.24) is 9.97 Å². The molecule has 0 bridgehead atoms. The molecule has 11 nitrogen and oxygen atoms in total. The average Bonchev–Trinajstić information content (AvgIpc) is 3.15. The van der Waals surface area contributed by atoms with Gasteiger partial charge in [0.2, 0.25) is 5.89 Å². The van der Waals surface area contributed by atoms with Crippen molar-refractivity contribution < 1.29 is 27.3 Å². The maximum Gasteiger partial charge on any atom is 0.351 e. The van der Waals surface area contributed by atoms with E-state index in [1.54, 1.807) is 6.08 Å². The molecule has 3 heterocycles. The molecule has 1 unspecified atom stereocenters. The van der Waals surface area contributed by atoms with Gasteiger partial charge in [-0.2, -0.15) is 13.4 Å². The Bertz CT molecular complexity index is 2060. The number of allylic oxidation sites excluding steroid dienone is 4. The van der Waals surface area contributed by atoms with Gasteiger partial charge in [0.05, 0.1) is 11.7 Å². The predicted molar refractivity (Wildman–Crippen MR) is 161 cm³/mol. The first-order chi connectivity index (χ1) is 20.3. The van der Waals surface area contributed by atoms with Gasteiger partial charge >= 0.3 is 11.7 Å². The summed E-state index contributed by atoms with van der Waals surface area (Å²) in [5.74, 6) is -1.92. The van der Waals surface area contributed by atoms with E-state index in [0.29, 0.717) is 23.4 Å². The summed E-state index contributed by atoms with van der Waals surface area (Å²) in [6, 6.07) is 13.5. The number of aliphatic carboxylic acids is 1. The highest BCUT2D eigenvalue weighted by Crippen LogP contribution is 2.51. The van der Waals surface area contributed by atoms with Gasteiger partial charge in [-0.05, 0) is 64.9 Å². The quantitative estimate of drug-likeness (QED) is 0.274. The van der Waals surface area contributed by atoms with E-state index in [0.717, 1.165) is 27.7 Å². The largest absolute Gasteiger partial charge is 0.481 e. The third-order valence-corrected chi connectivity index (χ3v) is 9.07. The van der Waals surface area contributed by atoms with Gasteiger partial charge in [0.15, 0.2) is 0 Å². The number of carboxylic acid groups (broad SMARTS) is 1. The van der Waals surface area contributed by atoms with Crippen molar-refractivity contribution in [3.63, 3.8) is 0 Å². The zero-order valence-corrected chi connectivity index (χ0v) is 24.3. The predicted octanol–water partition coefficient (Wildman–Crippen LogP) is 3.97. The minimum Gasteiger partial charge on any atom is -0.481 e. The fraction of sp³-hybridized carbons (Fsp3) is 0.290. The number of hydrogen-bond donors (Lipinski definition) is 3. The van der Waals surface area contributed by atoms with Crippen LogP contribution in [0.5, 0.6) is 0 Å². The number of nitrogens with one attached hydrogen (secondary N) is 1. The summed E-state index contributed by atoms with van der Waals surface area (Å²) in [5.41, 5.74) is 1.93. The number of nitrogens with zero attached hydrogens (tertiary/aromatic N) is 2. The van der Waals surface area contributed by atoms with Gasteiger partial charge in [-0.3, -0.25) is 19.1 Å². The molecule has 0 amide bonds. The minimum atomic E-state index is -4.15. The number of carboxylic acids is 1. The third-order valence-electron chi connectivity index (χ3n) is 8.26. The maximum absolute atomic E-state index is 12.4. The number of carbonyl (C=O) groups is 1. The Labute approximate surface area is 246 Å². The third kappa shape index (κ3) is 5.17. The van der Waals surface area contributed by atoms with Gasteiger partial charge in [0.25, 0.3) is 15.7 Å². The molecule has 222 valence electrons. The number of rotatable bonds is 6. The van der Waals surface area contributed by atoms with Crippen LogP contribution in [0.3, 0.4) is 0 Å². The van der Waals surface area contributed by atoms with Gasteiger partial charge in [-0.15, -0.1) is 0 Å². The Morgan fingerprint density at radius 1 is 1.16 bits per heavy atom. The number of hydrogen-bond acceptors (Lipinski definition) is 8. The number of aromatic amines is 1. The molecule has 43 heavy (non-hydrogen) atoms. The Morgan fingerprint density at radius 3 is 2.67 bits per heavy atom. The van der Waals surface area contributed by atoms with Crippen LogP contribution in [0, 0.1) is 5.92 Å². The van der Waals surface area contributed by atoms with E-state index >= 15 is 0 Å². The second kappa shape index (κ2) is 10.3. The lowest BCUT2D eigenvalue weighted by Crippen LogP contribution is -2.28. The van der Waals surface area contributed by atoms with E-state index in [4.69, 9.17) is 4.42 Å². The topological polar surface area (TPSA) is 171 Å². The van der Waals surface area contributed by atoms with Crippen molar-refractivity contribution in [2.24, 2.45) is 5.92 Å². The van der Waals surface area contributed by atoms with Crippen LogP contribution in [0.1, 0.15) is 43.6 Å². The molecule has 2 aromatic rings. The molecule has 2 aromatic carbocycles. The first-order valence-electron chi connectivity index (χ1n) is 13.8. The van der Waals surface area contributed by atoms with Gasteiger partial charge in [-0.1, -0.05) is 50.3 Å². The summed E-state index contributed by atoms with van der Waals surface area (Å²) in [5, 5.41) is 12.0. The molecule has 0 radical (unpaired) electrons. The molecular weight excluding hydrogens is 574 g/mol. The Balaban J connectivity index is 1.51. The van der Waals surface area contributed by atoms with Crippen LogP contribution in [-0.4, -0.2) is 46.3 Å². The standard InChI is InChI=1S/C31H29N3O8S/c1-31(2)24(34(12-5-13-43(39,40)41)23-10-8-17-6-3-4-7-21(17)25(23)31)11-9-18-14-20(29(36)37)15-19-16-22-27(35)32-30(38)33-28(22)42-26(18)19/h3-4,6-11,16,20H,5,12-15H2,1-2H3,(H,36,37)(H,32,35,38)(H,39,40,41)/b18-9+,24-11+. The van der Waals surface area contributed by atoms with Crippen molar-refractivity contribution in [2.45, 2.75) is 38.5 Å². The second-order valence-electron chi connectivity index (χ2n) is 11.5. The zero-order chi connectivity index (χ0) is 30.7. The van der Waals surface area contributed by atoms with Gasteiger partial charge in [0.1, 0.15) is 11.3 Å². The van der Waals surface area contributed by atoms with Crippen LogP contribution in [0.15, 0.2) is 74.3 Å². The molecule has 3 aliphatic heterocycles. The van der Waals surface area contributed by atoms with Gasteiger partial charge in [-0.25, -0.2) is 4.79 Å². The van der Waals surface area contributed by atoms with Crippen LogP contribution < -0.4 is 16.1 Å². The number of H-pyrrole nitrogens is 1. The molecule has 1 atom stereocenters. The smallest absolute Gasteiger partial charge is 0.351 e. The number of fused-ring (bicyclic) bond motifs is 5. The minimum absolute atomic E-state index is 0.0614. The number of anilines is 1. The number of aromatic nitrogens is 2. The lowest BCUT2D eigenvalue weighted by molar-refractivity contribution is -0.141. The first-order valence-corrected chi connectivity index (χ1v) is 15.4. The number of benzene rings is 2. The molecule has 6 rings (SSSR count). The Hall–Kier alpha value is -4.55. The molecule has 0 saturated heterocycles. The summed E-state index contributed by atoms with van der Waals surface area (Å²) in [4.78, 5) is 44.3. The first kappa shape index (κ1) is 28.6. The fourth-order valence-electron chi connectivity index (χ4n) is 6.35. The molecule has 0 fully saturated rings. The Morgan fingerprint density at radius 2 is 1.93 bits per heavy atom. The van der Waals surface area contributed by atoms with E-state index in [9.17, 15) is 32.5 Å². The zero-order valence-electron chi connectivity index (χ0n) is 23.5. The van der Waals surface area contributed by atoms with Crippen molar-refractivity contribution in [3.8, 4) is 11.5 Å². The van der Waals surface area contributed by atoms with Crippen LogP contribution in [0.2, 0.25) is 0 Å². The SMILES string of the molecule is CC1(C)/C(=C\C=C2/CC(C(=O)O)Cc3cc4c(=O)[nH]c(=O)nc-4oc32)N(CCCS(=O)(=O)O)c2ccc3ccccc3c21. The lowest BCUT2D eigenvalue weighted by Gasteiger charge is -2.28. The molecule has 4 aliphatic rings. The molecule has 1 aliphatic carbocycles. The molecule has 3 N–H and O–H groups in total. The summed E-state index contributed by atoms with van der Waals surface area (Å²) < 4.78 is 38.4. The van der Waals surface area contributed by atoms with Crippen LogP contribution in [0.25, 0.3) is 27.8 Å². The summed E-state index contributed by atoms with van der Waals surface area (Å²) in [6.45, 7) is 4.46. The van der Waals surface area contributed by atoms with E-state index in [1.807, 2.05) is 47.4 Å². The van der Waals surface area contributed by atoms with E-state index in [2.05, 4.69) is 23.8 Å². The highest BCUT2D eigenvalue weighted by molar-refractivity contribution is 7.85. The normalized spacial score (nSPS) is 19.7. The lowest BCUT2D eigenvalue weighted by atomic mass is 9.80. The molecular formula is C31H29N3O8S. The van der Waals surface area contributed by atoms with Crippen molar-refractivity contribution >= 4 is 38.1 Å². The van der Waals surface area contributed by atoms with Crippen LogP contribution >= 0.6 is 0 Å². The van der Waals surface area contributed by atoms with Crippen LogP contribution in [-0.2, 0) is 26.7 Å². The van der Waals surface area contributed by atoms with Gasteiger partial charge < -0.3 is 14.4 Å². The van der Waals surface area contributed by atoms with Gasteiger partial charge in [0, 0.05) is 23.3 Å². The average molecular weight is 604 g/mol. The van der Waals surface area contributed by atoms with E-state index in [1.165, 1.54) is 6.07 Å². The monoisotopic (exact) mass is 603 g/mol. The highest BCUT2D eigenvalue weighted by atomic mass is 32.2. The van der Waals surface area contributed by atoms with Crippen molar-refractivity contribution in [1.29, 1.82) is 0 Å². The molecule has 0 aromatic heterocycles. The summed E-state index contributed by atoms with van der Waals surface area (Å²) in [7, 11) is -4.15. The highest BCUT2D eigenvalue weighted by Gasteiger charge is 2.41. The molecule has 12 heteroatoms. The van der Waals surface area contributed by atoms with Crippen molar-refractivity contribution in [2.75, 3.05) is 17.2 Å². The fourth-order valence-corrected chi connectivity index (χ4v) is 6.84. The second-order valence-corrected chi connectivity index (χ2v) is 13.0. The van der Waals surface area contributed by atoms with Crippen LogP contribution in [0.4, 0.5) is 5.69 Å². The summed E-state index contributed by atoms with van der Waals surface area (Å²) >= 11 is 0.